The van der Waals surface area contributed by atoms with Gasteiger partial charge < -0.3 is 10.2 Å². The second kappa shape index (κ2) is 3.54. The molecule has 0 aliphatic carbocycles. The molecule has 1 radical (unpaired) electrons. The Morgan fingerprint density at radius 3 is 3.08 bits per heavy atom. The highest BCUT2D eigenvalue weighted by Gasteiger charge is 2.10. The number of hydrogen-bond acceptors (Lipinski definition) is 3. The Hall–Kier alpha value is -1.09. The molecule has 2 heterocycles. The summed E-state index contributed by atoms with van der Waals surface area (Å²) in [6.45, 7) is 5.05. The molecule has 0 atom stereocenters. The summed E-state index contributed by atoms with van der Waals surface area (Å²) in [5.74, 6) is 1.07. The molecule has 0 amide bonds. The van der Waals surface area contributed by atoms with Gasteiger partial charge in [-0.3, -0.25) is 0 Å². The fourth-order valence-corrected chi connectivity index (χ4v) is 1.32. The van der Waals surface area contributed by atoms with Crippen LogP contribution in [0.15, 0.2) is 24.4 Å². The lowest BCUT2D eigenvalue weighted by Gasteiger charge is -2.27. The van der Waals surface area contributed by atoms with E-state index in [0.717, 1.165) is 25.5 Å². The smallest absolute Gasteiger partial charge is 0.128 e. The van der Waals surface area contributed by atoms with E-state index in [1.807, 2.05) is 24.4 Å². The molecular formula is C9H12N3. The van der Waals surface area contributed by atoms with Crippen LogP contribution in [0.5, 0.6) is 0 Å². The number of rotatable bonds is 1. The molecule has 3 nitrogen and oxygen atoms in total. The normalized spacial score (nSPS) is 17.8. The number of pyridine rings is 1. The van der Waals surface area contributed by atoms with Gasteiger partial charge in [0.2, 0.25) is 0 Å². The molecule has 1 aliphatic rings. The van der Waals surface area contributed by atoms with Crippen molar-refractivity contribution in [2.45, 2.75) is 0 Å². The van der Waals surface area contributed by atoms with Crippen molar-refractivity contribution in [3.8, 4) is 0 Å². The molecule has 1 fully saturated rings. The minimum absolute atomic E-state index is 0.941. The molecule has 1 N–H and O–H groups in total. The second-order valence-electron chi connectivity index (χ2n) is 2.79. The fraction of sp³-hybridized carbons (Fsp3) is 0.333. The number of aromatic nitrogens is 1. The molecule has 0 spiro atoms. The first-order chi connectivity index (χ1) is 5.97. The van der Waals surface area contributed by atoms with E-state index in [4.69, 9.17) is 0 Å². The van der Waals surface area contributed by atoms with Crippen LogP contribution in [-0.2, 0) is 0 Å². The van der Waals surface area contributed by atoms with Gasteiger partial charge in [-0.15, -0.1) is 0 Å². The maximum atomic E-state index is 4.28. The van der Waals surface area contributed by atoms with Crippen LogP contribution in [0.25, 0.3) is 0 Å². The molecule has 0 unspecified atom stereocenters. The van der Waals surface area contributed by atoms with Gasteiger partial charge in [-0.2, -0.15) is 0 Å². The number of nitrogens with zero attached hydrogens (tertiary/aromatic N) is 2. The fourth-order valence-electron chi connectivity index (χ4n) is 1.32. The number of hydrogen-bond donors (Lipinski definition) is 1. The highest BCUT2D eigenvalue weighted by molar-refractivity contribution is 5.38. The summed E-state index contributed by atoms with van der Waals surface area (Å²) < 4.78 is 0. The summed E-state index contributed by atoms with van der Waals surface area (Å²) in [6.07, 6.45) is 1.83. The third-order valence-electron chi connectivity index (χ3n) is 1.96. The number of anilines is 1. The summed E-state index contributed by atoms with van der Waals surface area (Å²) in [4.78, 5) is 6.53. The average Bonchev–Trinajstić information content (AvgIpc) is 2.21. The van der Waals surface area contributed by atoms with Crippen LogP contribution in [0.2, 0.25) is 0 Å². The first-order valence-corrected chi connectivity index (χ1v) is 4.18. The Morgan fingerprint density at radius 1 is 1.42 bits per heavy atom. The maximum Gasteiger partial charge on any atom is 0.128 e. The van der Waals surface area contributed by atoms with Crippen molar-refractivity contribution in [3.05, 3.63) is 30.9 Å². The summed E-state index contributed by atoms with van der Waals surface area (Å²) in [7, 11) is 0. The van der Waals surface area contributed by atoms with Crippen molar-refractivity contribution in [2.75, 3.05) is 24.5 Å². The average molecular weight is 162 g/mol. The lowest BCUT2D eigenvalue weighted by Crippen LogP contribution is -2.40. The van der Waals surface area contributed by atoms with Crippen LogP contribution >= 0.6 is 0 Å². The maximum absolute atomic E-state index is 4.28. The third-order valence-corrected chi connectivity index (χ3v) is 1.96. The van der Waals surface area contributed by atoms with Crippen molar-refractivity contribution in [2.24, 2.45) is 0 Å². The molecular weight excluding hydrogens is 150 g/mol. The first-order valence-electron chi connectivity index (χ1n) is 4.18. The summed E-state index contributed by atoms with van der Waals surface area (Å²) in [5, 5.41) is 3.19. The highest BCUT2D eigenvalue weighted by atomic mass is 15.2. The zero-order valence-corrected chi connectivity index (χ0v) is 6.90. The van der Waals surface area contributed by atoms with E-state index in [1.165, 1.54) is 0 Å². The zero-order chi connectivity index (χ0) is 8.23. The molecule has 12 heavy (non-hydrogen) atoms. The third kappa shape index (κ3) is 1.56. The second-order valence-corrected chi connectivity index (χ2v) is 2.79. The lowest BCUT2D eigenvalue weighted by atomic mass is 10.3. The predicted octanol–water partition coefficient (Wildman–Crippen LogP) is 0.653. The number of piperazine rings is 1. The molecule has 3 heteroatoms. The molecule has 0 saturated carbocycles. The van der Waals surface area contributed by atoms with Crippen LogP contribution in [0, 0.1) is 6.54 Å². The van der Waals surface area contributed by atoms with Gasteiger partial charge in [0.05, 0.1) is 0 Å². The van der Waals surface area contributed by atoms with Gasteiger partial charge in [-0.1, -0.05) is 6.07 Å². The lowest BCUT2D eigenvalue weighted by molar-refractivity contribution is 0.647. The molecule has 1 aromatic rings. The van der Waals surface area contributed by atoms with Gasteiger partial charge in [0.15, 0.2) is 0 Å². The molecule has 2 rings (SSSR count). The van der Waals surface area contributed by atoms with E-state index in [0.29, 0.717) is 0 Å². The molecule has 1 aliphatic heterocycles. The van der Waals surface area contributed by atoms with Crippen LogP contribution in [-0.4, -0.2) is 24.6 Å². The molecule has 63 valence electrons. The molecule has 1 saturated heterocycles. The van der Waals surface area contributed by atoms with E-state index < -0.39 is 0 Å². The van der Waals surface area contributed by atoms with E-state index in [-0.39, 0.29) is 0 Å². The standard InChI is InChI=1S/C9H12N3/c1-2-4-11-9(3-1)12-7-5-10-6-8-12/h1-5,10H,6-8H2. The van der Waals surface area contributed by atoms with Crippen molar-refractivity contribution in [1.29, 1.82) is 0 Å². The quantitative estimate of drug-likeness (QED) is 0.657. The van der Waals surface area contributed by atoms with Gasteiger partial charge >= 0.3 is 0 Å². The largest absolute Gasteiger partial charge is 0.354 e. The predicted molar refractivity (Wildman–Crippen MR) is 48.8 cm³/mol. The van der Waals surface area contributed by atoms with Crippen molar-refractivity contribution >= 4 is 5.82 Å². The summed E-state index contributed by atoms with van der Waals surface area (Å²) in [6, 6.07) is 6.00. The molecule has 1 aromatic heterocycles. The van der Waals surface area contributed by atoms with Crippen LogP contribution < -0.4 is 10.2 Å². The van der Waals surface area contributed by atoms with Crippen LogP contribution in [0.4, 0.5) is 5.82 Å². The summed E-state index contributed by atoms with van der Waals surface area (Å²) in [5.41, 5.74) is 0. The Bertz CT molecular complexity index is 229. The van der Waals surface area contributed by atoms with E-state index in [1.54, 1.807) is 0 Å². The van der Waals surface area contributed by atoms with E-state index >= 15 is 0 Å². The highest BCUT2D eigenvalue weighted by Crippen LogP contribution is 2.09. The van der Waals surface area contributed by atoms with Gasteiger partial charge in [0.1, 0.15) is 5.82 Å². The van der Waals surface area contributed by atoms with E-state index in [2.05, 4.69) is 21.7 Å². The Balaban J connectivity index is 2.08. The van der Waals surface area contributed by atoms with E-state index in [9.17, 15) is 0 Å². The Kier molecular flexibility index (Phi) is 2.23. The first kappa shape index (κ1) is 7.55. The molecule has 0 aromatic carbocycles. The minimum atomic E-state index is 0.941. The Morgan fingerprint density at radius 2 is 2.42 bits per heavy atom. The topological polar surface area (TPSA) is 28.2 Å². The Labute approximate surface area is 72.4 Å². The minimum Gasteiger partial charge on any atom is -0.354 e. The van der Waals surface area contributed by atoms with Gasteiger partial charge in [0.25, 0.3) is 0 Å². The van der Waals surface area contributed by atoms with Crippen molar-refractivity contribution < 1.29 is 0 Å². The SMILES string of the molecule is [CH]1CN(c2ccccn2)CCN1. The van der Waals surface area contributed by atoms with Gasteiger partial charge in [-0.25, -0.2) is 4.98 Å². The van der Waals surface area contributed by atoms with Gasteiger partial charge in [-0.05, 0) is 12.1 Å². The monoisotopic (exact) mass is 162 g/mol. The van der Waals surface area contributed by atoms with Crippen LogP contribution in [0.3, 0.4) is 0 Å². The van der Waals surface area contributed by atoms with Crippen molar-refractivity contribution in [1.82, 2.24) is 10.3 Å². The molecule has 0 bridgehead atoms. The van der Waals surface area contributed by atoms with Crippen LogP contribution in [0.1, 0.15) is 0 Å². The number of nitrogens with one attached hydrogen (secondary N) is 1. The van der Waals surface area contributed by atoms with Gasteiger partial charge in [0, 0.05) is 32.4 Å². The summed E-state index contributed by atoms with van der Waals surface area (Å²) >= 11 is 0. The zero-order valence-electron chi connectivity index (χ0n) is 6.90. The van der Waals surface area contributed by atoms with Crippen molar-refractivity contribution in [3.63, 3.8) is 0 Å².